The molecule has 0 aliphatic carbocycles. The first kappa shape index (κ1) is 17.3. The van der Waals surface area contributed by atoms with E-state index in [1.165, 1.54) is 12.1 Å². The smallest absolute Gasteiger partial charge is 0.233 e. The number of aromatic nitrogens is 4. The zero-order valence-electron chi connectivity index (χ0n) is 14.8. The zero-order chi connectivity index (χ0) is 18.0. The molecule has 2 heterocycles. The minimum Gasteiger partial charge on any atom is -0.424 e. The number of halogens is 1. The predicted molar refractivity (Wildman–Crippen MR) is 91.9 cm³/mol. The molecule has 2 atom stereocenters. The van der Waals surface area contributed by atoms with Gasteiger partial charge in [-0.15, -0.1) is 10.2 Å². The molecule has 7 heteroatoms. The summed E-state index contributed by atoms with van der Waals surface area (Å²) in [6, 6.07) is 6.26. The highest BCUT2D eigenvalue weighted by Crippen LogP contribution is 2.23. The number of benzene rings is 1. The Morgan fingerprint density at radius 2 is 1.88 bits per heavy atom. The van der Waals surface area contributed by atoms with Crippen LogP contribution >= 0.6 is 0 Å². The normalized spacial score (nSPS) is 13.8. The Labute approximate surface area is 146 Å². The van der Waals surface area contributed by atoms with E-state index in [0.29, 0.717) is 11.8 Å². The Balaban J connectivity index is 1.76. The molecule has 0 bridgehead atoms. The van der Waals surface area contributed by atoms with Crippen molar-refractivity contribution in [1.82, 2.24) is 25.3 Å². The van der Waals surface area contributed by atoms with Crippen molar-refractivity contribution < 1.29 is 8.81 Å². The molecule has 1 aromatic carbocycles. The van der Waals surface area contributed by atoms with Gasteiger partial charge in [-0.2, -0.15) is 5.10 Å². The third kappa shape index (κ3) is 3.61. The molecule has 0 unspecified atom stereocenters. The molecule has 0 saturated carbocycles. The summed E-state index contributed by atoms with van der Waals surface area (Å²) >= 11 is 0. The molecule has 6 nitrogen and oxygen atoms in total. The number of hydrogen-bond acceptors (Lipinski definition) is 5. The topological polar surface area (TPSA) is 68.8 Å². The van der Waals surface area contributed by atoms with E-state index in [1.54, 1.807) is 16.8 Å². The van der Waals surface area contributed by atoms with Gasteiger partial charge in [0.05, 0.1) is 17.9 Å². The third-order valence-electron chi connectivity index (χ3n) is 4.24. The van der Waals surface area contributed by atoms with Crippen LogP contribution in [-0.4, -0.2) is 20.0 Å². The van der Waals surface area contributed by atoms with Crippen LogP contribution < -0.4 is 5.32 Å². The fraction of sp³-hybridized carbons (Fsp3) is 0.389. The van der Waals surface area contributed by atoms with Crippen molar-refractivity contribution in [3.63, 3.8) is 0 Å². The maximum Gasteiger partial charge on any atom is 0.233 e. The van der Waals surface area contributed by atoms with Crippen LogP contribution in [0.25, 0.3) is 5.69 Å². The van der Waals surface area contributed by atoms with Gasteiger partial charge in [0.1, 0.15) is 5.82 Å². The summed E-state index contributed by atoms with van der Waals surface area (Å²) in [6.07, 6.45) is 2.55. The van der Waals surface area contributed by atoms with E-state index in [2.05, 4.69) is 27.5 Å². The summed E-state index contributed by atoms with van der Waals surface area (Å²) in [5.41, 5.74) is 2.89. The molecule has 132 valence electrons. The van der Waals surface area contributed by atoms with Crippen molar-refractivity contribution in [2.75, 3.05) is 0 Å². The molecule has 0 amide bonds. The van der Waals surface area contributed by atoms with Gasteiger partial charge < -0.3 is 4.42 Å². The van der Waals surface area contributed by atoms with Gasteiger partial charge in [-0.05, 0) is 45.0 Å². The van der Waals surface area contributed by atoms with Crippen molar-refractivity contribution in [3.8, 4) is 5.69 Å². The molecule has 3 rings (SSSR count). The van der Waals surface area contributed by atoms with E-state index in [9.17, 15) is 4.39 Å². The molecule has 25 heavy (non-hydrogen) atoms. The summed E-state index contributed by atoms with van der Waals surface area (Å²) in [4.78, 5) is 0. The Morgan fingerprint density at radius 1 is 1.16 bits per heavy atom. The van der Waals surface area contributed by atoms with Crippen LogP contribution in [0.5, 0.6) is 0 Å². The van der Waals surface area contributed by atoms with Gasteiger partial charge in [-0.3, -0.25) is 5.32 Å². The molecule has 0 aliphatic rings. The molecule has 3 aromatic rings. The van der Waals surface area contributed by atoms with Gasteiger partial charge in [-0.1, -0.05) is 6.92 Å². The monoisotopic (exact) mass is 343 g/mol. The lowest BCUT2D eigenvalue weighted by Gasteiger charge is -2.17. The summed E-state index contributed by atoms with van der Waals surface area (Å²) in [7, 11) is 0. The molecule has 0 spiro atoms. The Hall–Kier alpha value is -2.54. The summed E-state index contributed by atoms with van der Waals surface area (Å²) in [5.74, 6) is 0.951. The zero-order valence-corrected chi connectivity index (χ0v) is 14.8. The molecule has 0 fully saturated rings. The highest BCUT2D eigenvalue weighted by Gasteiger charge is 2.20. The van der Waals surface area contributed by atoms with Crippen LogP contribution in [0.1, 0.15) is 55.9 Å². The second-order valence-electron chi connectivity index (χ2n) is 6.07. The molecule has 0 aliphatic heterocycles. The van der Waals surface area contributed by atoms with E-state index >= 15 is 0 Å². The largest absolute Gasteiger partial charge is 0.424 e. The van der Waals surface area contributed by atoms with Gasteiger partial charge in [0.15, 0.2) is 0 Å². The number of rotatable bonds is 6. The molecular formula is C18H22FN5O. The van der Waals surface area contributed by atoms with Crippen LogP contribution in [0.2, 0.25) is 0 Å². The minimum atomic E-state index is -0.261. The van der Waals surface area contributed by atoms with E-state index in [4.69, 9.17) is 4.42 Å². The maximum atomic E-state index is 13.1. The van der Waals surface area contributed by atoms with Crippen LogP contribution in [0.4, 0.5) is 4.39 Å². The summed E-state index contributed by atoms with van der Waals surface area (Å²) < 4.78 is 20.5. The maximum absolute atomic E-state index is 13.1. The van der Waals surface area contributed by atoms with E-state index < -0.39 is 0 Å². The van der Waals surface area contributed by atoms with Gasteiger partial charge in [0, 0.05) is 23.7 Å². The number of aryl methyl sites for hydroxylation is 1. The highest BCUT2D eigenvalue weighted by molar-refractivity contribution is 5.35. The first-order valence-electron chi connectivity index (χ1n) is 8.38. The fourth-order valence-corrected chi connectivity index (χ4v) is 2.81. The fourth-order valence-electron chi connectivity index (χ4n) is 2.81. The average molecular weight is 343 g/mol. The Morgan fingerprint density at radius 3 is 2.52 bits per heavy atom. The van der Waals surface area contributed by atoms with Crippen LogP contribution in [-0.2, 0) is 6.42 Å². The van der Waals surface area contributed by atoms with Crippen LogP contribution in [0.3, 0.4) is 0 Å². The van der Waals surface area contributed by atoms with E-state index in [-0.39, 0.29) is 17.9 Å². The SMILES string of the molecule is CCc1nnc([C@@H](C)N[C@H](C)c2cnn(-c3ccc(F)cc3)c2C)o1. The Kier molecular flexibility index (Phi) is 4.94. The highest BCUT2D eigenvalue weighted by atomic mass is 19.1. The number of nitrogens with one attached hydrogen (secondary N) is 1. The van der Waals surface area contributed by atoms with Gasteiger partial charge in [0.2, 0.25) is 11.8 Å². The number of nitrogens with zero attached hydrogens (tertiary/aromatic N) is 4. The second-order valence-corrected chi connectivity index (χ2v) is 6.07. The average Bonchev–Trinajstić information content (AvgIpc) is 3.22. The van der Waals surface area contributed by atoms with Crippen molar-refractivity contribution in [1.29, 1.82) is 0 Å². The molecular weight excluding hydrogens is 321 g/mol. The van der Waals surface area contributed by atoms with Gasteiger partial charge >= 0.3 is 0 Å². The Bertz CT molecular complexity index is 840. The quantitative estimate of drug-likeness (QED) is 0.739. The standard InChI is InChI=1S/C18H22FN5O/c1-5-17-22-23-18(25-17)12(3)21-11(2)16-10-20-24(13(16)4)15-8-6-14(19)7-9-15/h6-12,21H,5H2,1-4H3/t11-,12-/m1/s1. The first-order chi connectivity index (χ1) is 12.0. The third-order valence-corrected chi connectivity index (χ3v) is 4.24. The summed E-state index contributed by atoms with van der Waals surface area (Å²) in [6.45, 7) is 8.03. The van der Waals surface area contributed by atoms with E-state index in [0.717, 1.165) is 23.4 Å². The van der Waals surface area contributed by atoms with Crippen molar-refractivity contribution >= 4 is 0 Å². The lowest BCUT2D eigenvalue weighted by molar-refractivity contribution is 0.374. The first-order valence-corrected chi connectivity index (χ1v) is 8.38. The second kappa shape index (κ2) is 7.14. The lowest BCUT2D eigenvalue weighted by atomic mass is 10.1. The van der Waals surface area contributed by atoms with Crippen molar-refractivity contribution in [2.24, 2.45) is 0 Å². The van der Waals surface area contributed by atoms with E-state index in [1.807, 2.05) is 27.0 Å². The van der Waals surface area contributed by atoms with Crippen LogP contribution in [0.15, 0.2) is 34.9 Å². The van der Waals surface area contributed by atoms with Gasteiger partial charge in [-0.25, -0.2) is 9.07 Å². The molecule has 2 aromatic heterocycles. The molecule has 0 radical (unpaired) electrons. The lowest BCUT2D eigenvalue weighted by Crippen LogP contribution is -2.23. The number of hydrogen-bond donors (Lipinski definition) is 1. The minimum absolute atomic E-state index is 0.0428. The van der Waals surface area contributed by atoms with Gasteiger partial charge in [0.25, 0.3) is 0 Å². The predicted octanol–water partition coefficient (Wildman–Crippen LogP) is 3.68. The summed E-state index contributed by atoms with van der Waals surface area (Å²) in [5, 5.41) is 16.0. The van der Waals surface area contributed by atoms with Crippen LogP contribution in [0, 0.1) is 12.7 Å². The molecule has 0 saturated heterocycles. The van der Waals surface area contributed by atoms with Crippen molar-refractivity contribution in [2.45, 2.75) is 46.2 Å². The van der Waals surface area contributed by atoms with Crippen molar-refractivity contribution in [3.05, 3.63) is 59.3 Å². The molecule has 1 N–H and O–H groups in total.